The molecule has 0 aliphatic rings. The summed E-state index contributed by atoms with van der Waals surface area (Å²) in [5.41, 5.74) is 5.47. The van der Waals surface area contributed by atoms with Crippen LogP contribution in [0.15, 0.2) is 52.9 Å². The highest BCUT2D eigenvalue weighted by molar-refractivity contribution is 7.14. The van der Waals surface area contributed by atoms with E-state index in [9.17, 15) is 4.39 Å². The van der Waals surface area contributed by atoms with Crippen LogP contribution in [-0.4, -0.2) is 24.4 Å². The van der Waals surface area contributed by atoms with E-state index in [1.807, 2.05) is 30.5 Å². The molecule has 0 radical (unpaired) electrons. The predicted octanol–water partition coefficient (Wildman–Crippen LogP) is 6.36. The predicted molar refractivity (Wildman–Crippen MR) is 121 cm³/mol. The van der Waals surface area contributed by atoms with Crippen molar-refractivity contribution in [2.45, 2.75) is 33.1 Å². The first kappa shape index (κ1) is 21.8. The van der Waals surface area contributed by atoms with E-state index in [1.54, 1.807) is 18.3 Å². The molecule has 3 rings (SSSR count). The molecule has 0 saturated heterocycles. The van der Waals surface area contributed by atoms with Crippen molar-refractivity contribution in [1.29, 1.82) is 0 Å². The standard InChI is InChI=1S/C23H26FN3O2S/c1-3-5-6-13-29-21-12-7-17(14-22(21)28-4-2)15-25-27-23-26-20(16-30-23)18-8-10-19(24)11-9-18/h7-12,14-16H,3-6,13H2,1-2H3,(H,26,27)/b25-15-. The van der Waals surface area contributed by atoms with E-state index in [1.165, 1.54) is 23.5 Å². The van der Waals surface area contributed by atoms with E-state index < -0.39 is 0 Å². The summed E-state index contributed by atoms with van der Waals surface area (Å²) in [7, 11) is 0. The van der Waals surface area contributed by atoms with Crippen molar-refractivity contribution in [2.24, 2.45) is 5.10 Å². The number of hydrogen-bond donors (Lipinski definition) is 1. The number of ether oxygens (including phenoxy) is 2. The molecule has 0 unspecified atom stereocenters. The average molecular weight is 428 g/mol. The third kappa shape index (κ3) is 6.29. The second-order valence-corrected chi connectivity index (χ2v) is 7.47. The van der Waals surface area contributed by atoms with Gasteiger partial charge in [-0.25, -0.2) is 9.37 Å². The van der Waals surface area contributed by atoms with Crippen LogP contribution in [0, 0.1) is 5.82 Å². The van der Waals surface area contributed by atoms with Crippen LogP contribution in [0.1, 0.15) is 38.7 Å². The first-order chi connectivity index (χ1) is 14.7. The van der Waals surface area contributed by atoms with Gasteiger partial charge < -0.3 is 9.47 Å². The molecule has 30 heavy (non-hydrogen) atoms. The number of halogens is 1. The van der Waals surface area contributed by atoms with Crippen LogP contribution in [0.5, 0.6) is 11.5 Å². The smallest absolute Gasteiger partial charge is 0.203 e. The zero-order valence-electron chi connectivity index (χ0n) is 17.2. The first-order valence-corrected chi connectivity index (χ1v) is 11.0. The van der Waals surface area contributed by atoms with Gasteiger partial charge in [-0.15, -0.1) is 11.3 Å². The van der Waals surface area contributed by atoms with E-state index in [-0.39, 0.29) is 5.82 Å². The molecule has 0 fully saturated rings. The summed E-state index contributed by atoms with van der Waals surface area (Å²) in [6.45, 7) is 5.37. The van der Waals surface area contributed by atoms with Crippen LogP contribution in [0.3, 0.4) is 0 Å². The van der Waals surface area contributed by atoms with Crippen LogP contribution >= 0.6 is 11.3 Å². The lowest BCUT2D eigenvalue weighted by Gasteiger charge is -2.12. The molecule has 0 aliphatic heterocycles. The van der Waals surface area contributed by atoms with E-state index in [2.05, 4.69) is 22.4 Å². The quantitative estimate of drug-likeness (QED) is 0.220. The fourth-order valence-corrected chi connectivity index (χ4v) is 3.44. The zero-order chi connectivity index (χ0) is 21.2. The average Bonchev–Trinajstić information content (AvgIpc) is 3.22. The van der Waals surface area contributed by atoms with Gasteiger partial charge in [-0.3, -0.25) is 5.43 Å². The molecule has 2 aromatic carbocycles. The topological polar surface area (TPSA) is 55.7 Å². The van der Waals surface area contributed by atoms with E-state index in [0.717, 1.165) is 41.8 Å². The van der Waals surface area contributed by atoms with Gasteiger partial charge in [0.05, 0.1) is 25.1 Å². The minimum atomic E-state index is -0.263. The Morgan fingerprint density at radius 3 is 2.67 bits per heavy atom. The molecule has 1 aromatic heterocycles. The van der Waals surface area contributed by atoms with Crippen LogP contribution in [-0.2, 0) is 0 Å². The Hall–Kier alpha value is -2.93. The maximum absolute atomic E-state index is 13.1. The lowest BCUT2D eigenvalue weighted by atomic mass is 10.2. The molecule has 7 heteroatoms. The van der Waals surface area contributed by atoms with Crippen LogP contribution in [0.4, 0.5) is 9.52 Å². The summed E-state index contributed by atoms with van der Waals surface area (Å²) in [4.78, 5) is 4.48. The Labute approximate surface area is 180 Å². The van der Waals surface area contributed by atoms with Crippen molar-refractivity contribution in [3.8, 4) is 22.8 Å². The highest BCUT2D eigenvalue weighted by Crippen LogP contribution is 2.29. The van der Waals surface area contributed by atoms with Gasteiger partial charge in [0.25, 0.3) is 0 Å². The SMILES string of the molecule is CCCCCOc1ccc(/C=N\Nc2nc(-c3ccc(F)cc3)cs2)cc1OCC. The van der Waals surface area contributed by atoms with Gasteiger partial charge in [-0.05, 0) is 61.4 Å². The highest BCUT2D eigenvalue weighted by Gasteiger charge is 2.07. The molecular formula is C23H26FN3O2S. The maximum atomic E-state index is 13.1. The van der Waals surface area contributed by atoms with Crippen LogP contribution in [0.25, 0.3) is 11.3 Å². The van der Waals surface area contributed by atoms with Crippen molar-refractivity contribution in [1.82, 2.24) is 4.98 Å². The summed E-state index contributed by atoms with van der Waals surface area (Å²) in [5, 5.41) is 6.83. The third-order valence-electron chi connectivity index (χ3n) is 4.29. The normalized spacial score (nSPS) is 11.0. The van der Waals surface area contributed by atoms with Crippen molar-refractivity contribution < 1.29 is 13.9 Å². The Kier molecular flexibility index (Phi) is 8.20. The summed E-state index contributed by atoms with van der Waals surface area (Å²) >= 11 is 1.44. The Balaban J connectivity index is 1.61. The largest absolute Gasteiger partial charge is 0.490 e. The third-order valence-corrected chi connectivity index (χ3v) is 5.04. The minimum absolute atomic E-state index is 0.263. The molecule has 3 aromatic rings. The number of anilines is 1. The molecule has 0 aliphatic carbocycles. The number of hydrogen-bond acceptors (Lipinski definition) is 6. The molecule has 0 atom stereocenters. The summed E-state index contributed by atoms with van der Waals surface area (Å²) in [6.07, 6.45) is 5.06. The summed E-state index contributed by atoms with van der Waals surface area (Å²) < 4.78 is 24.6. The van der Waals surface area contributed by atoms with E-state index in [4.69, 9.17) is 9.47 Å². The highest BCUT2D eigenvalue weighted by atomic mass is 32.1. The molecule has 0 amide bonds. The number of nitrogens with zero attached hydrogens (tertiary/aromatic N) is 2. The number of rotatable bonds is 11. The summed E-state index contributed by atoms with van der Waals surface area (Å²) in [6, 6.07) is 12.0. The first-order valence-electron chi connectivity index (χ1n) is 10.1. The maximum Gasteiger partial charge on any atom is 0.203 e. The van der Waals surface area contributed by atoms with Crippen molar-refractivity contribution in [3.63, 3.8) is 0 Å². The van der Waals surface area contributed by atoms with Crippen molar-refractivity contribution in [3.05, 3.63) is 59.2 Å². The second kappa shape index (κ2) is 11.3. The fourth-order valence-electron chi connectivity index (χ4n) is 2.77. The number of benzene rings is 2. The van der Waals surface area contributed by atoms with Crippen LogP contribution < -0.4 is 14.9 Å². The van der Waals surface area contributed by atoms with Gasteiger partial charge in [0.1, 0.15) is 5.82 Å². The number of nitrogens with one attached hydrogen (secondary N) is 1. The number of unbranched alkanes of at least 4 members (excludes halogenated alkanes) is 2. The van der Waals surface area contributed by atoms with Crippen molar-refractivity contribution in [2.75, 3.05) is 18.6 Å². The lowest BCUT2D eigenvalue weighted by Crippen LogP contribution is -2.01. The number of aromatic nitrogens is 1. The molecular weight excluding hydrogens is 401 g/mol. The summed E-state index contributed by atoms with van der Waals surface area (Å²) in [5.74, 6) is 1.20. The molecule has 5 nitrogen and oxygen atoms in total. The van der Waals surface area contributed by atoms with Gasteiger partial charge in [-0.1, -0.05) is 19.8 Å². The zero-order valence-corrected chi connectivity index (χ0v) is 18.0. The Bertz CT molecular complexity index is 957. The van der Waals surface area contributed by atoms with Gasteiger partial charge >= 0.3 is 0 Å². The Morgan fingerprint density at radius 1 is 1.07 bits per heavy atom. The number of hydrazone groups is 1. The molecule has 0 spiro atoms. The monoisotopic (exact) mass is 427 g/mol. The van der Waals surface area contributed by atoms with Gasteiger partial charge in [-0.2, -0.15) is 5.10 Å². The molecule has 0 bridgehead atoms. The van der Waals surface area contributed by atoms with E-state index >= 15 is 0 Å². The second-order valence-electron chi connectivity index (χ2n) is 6.61. The Morgan fingerprint density at radius 2 is 1.90 bits per heavy atom. The van der Waals surface area contributed by atoms with E-state index in [0.29, 0.717) is 24.1 Å². The fraction of sp³-hybridized carbons (Fsp3) is 0.304. The molecule has 1 N–H and O–H groups in total. The molecule has 0 saturated carbocycles. The number of thiazole rings is 1. The molecule has 158 valence electrons. The lowest BCUT2D eigenvalue weighted by molar-refractivity contribution is 0.271. The van der Waals surface area contributed by atoms with Crippen LogP contribution in [0.2, 0.25) is 0 Å². The van der Waals surface area contributed by atoms with Gasteiger partial charge in [0, 0.05) is 10.9 Å². The molecule has 1 heterocycles. The van der Waals surface area contributed by atoms with Gasteiger partial charge in [0.2, 0.25) is 5.13 Å². The minimum Gasteiger partial charge on any atom is -0.490 e. The van der Waals surface area contributed by atoms with Gasteiger partial charge in [0.15, 0.2) is 11.5 Å². The van der Waals surface area contributed by atoms with Crippen molar-refractivity contribution >= 4 is 22.7 Å².